The fraction of sp³-hybridized carbons (Fsp3) is 0.421. The molecule has 24 heavy (non-hydrogen) atoms. The van der Waals surface area contributed by atoms with Crippen molar-refractivity contribution in [3.63, 3.8) is 0 Å². The van der Waals surface area contributed by atoms with E-state index in [0.29, 0.717) is 17.9 Å². The molecule has 5 nitrogen and oxygen atoms in total. The average Bonchev–Trinajstić information content (AvgIpc) is 3.14. The average molecular weight is 325 g/mol. The van der Waals surface area contributed by atoms with Crippen molar-refractivity contribution in [1.82, 2.24) is 14.7 Å². The van der Waals surface area contributed by atoms with Gasteiger partial charge in [-0.2, -0.15) is 5.10 Å². The van der Waals surface area contributed by atoms with Crippen LogP contribution in [0.1, 0.15) is 36.0 Å². The molecule has 1 aliphatic heterocycles. The van der Waals surface area contributed by atoms with Crippen molar-refractivity contribution in [2.24, 2.45) is 5.92 Å². The van der Waals surface area contributed by atoms with E-state index in [1.165, 1.54) is 0 Å². The van der Waals surface area contributed by atoms with Crippen molar-refractivity contribution < 1.29 is 9.59 Å². The standard InChI is InChI=1S/C19H23N3O2/c23-18(17-5-2-1-3-6-17)7-8-19(24)21-13-9-16(10-14-21)15-22-12-4-11-20-22/h1-6,11-12,16H,7-10,13-15H2. The lowest BCUT2D eigenvalue weighted by Gasteiger charge is -2.32. The molecule has 0 radical (unpaired) electrons. The smallest absolute Gasteiger partial charge is 0.223 e. The molecular weight excluding hydrogens is 302 g/mol. The number of nitrogens with zero attached hydrogens (tertiary/aromatic N) is 3. The Balaban J connectivity index is 1.41. The largest absolute Gasteiger partial charge is 0.343 e. The molecule has 0 unspecified atom stereocenters. The Kier molecular flexibility index (Phi) is 5.41. The highest BCUT2D eigenvalue weighted by Gasteiger charge is 2.23. The number of hydrogen-bond acceptors (Lipinski definition) is 3. The van der Waals surface area contributed by atoms with Crippen LogP contribution in [0.4, 0.5) is 0 Å². The second kappa shape index (κ2) is 7.90. The van der Waals surface area contributed by atoms with Gasteiger partial charge in [0, 0.05) is 50.4 Å². The maximum Gasteiger partial charge on any atom is 0.223 e. The third-order valence-electron chi connectivity index (χ3n) is 4.63. The summed E-state index contributed by atoms with van der Waals surface area (Å²) in [6.45, 7) is 2.48. The molecule has 2 heterocycles. The van der Waals surface area contributed by atoms with Crippen LogP contribution in [0.3, 0.4) is 0 Å². The van der Waals surface area contributed by atoms with Gasteiger partial charge in [0.1, 0.15) is 0 Å². The Morgan fingerprint density at radius 2 is 1.79 bits per heavy atom. The van der Waals surface area contributed by atoms with Crippen LogP contribution in [0.2, 0.25) is 0 Å². The van der Waals surface area contributed by atoms with E-state index in [9.17, 15) is 9.59 Å². The second-order valence-corrected chi connectivity index (χ2v) is 6.34. The molecular formula is C19H23N3O2. The third kappa shape index (κ3) is 4.31. The highest BCUT2D eigenvalue weighted by atomic mass is 16.2. The molecule has 0 atom stereocenters. The zero-order valence-electron chi connectivity index (χ0n) is 13.8. The number of ketones is 1. The first kappa shape index (κ1) is 16.4. The normalized spacial score (nSPS) is 15.4. The van der Waals surface area contributed by atoms with Crippen LogP contribution in [-0.2, 0) is 11.3 Å². The number of carbonyl (C=O) groups is 2. The number of amides is 1. The second-order valence-electron chi connectivity index (χ2n) is 6.34. The minimum Gasteiger partial charge on any atom is -0.343 e. The summed E-state index contributed by atoms with van der Waals surface area (Å²) in [7, 11) is 0. The molecule has 1 aromatic heterocycles. The highest BCUT2D eigenvalue weighted by Crippen LogP contribution is 2.20. The van der Waals surface area contributed by atoms with Crippen molar-refractivity contribution in [3.05, 3.63) is 54.4 Å². The zero-order valence-corrected chi connectivity index (χ0v) is 13.8. The van der Waals surface area contributed by atoms with Gasteiger partial charge in [0.25, 0.3) is 0 Å². The van der Waals surface area contributed by atoms with Gasteiger partial charge in [0.15, 0.2) is 5.78 Å². The van der Waals surface area contributed by atoms with Crippen LogP contribution in [0.5, 0.6) is 0 Å². The Morgan fingerprint density at radius 1 is 1.04 bits per heavy atom. The first-order chi connectivity index (χ1) is 11.7. The summed E-state index contributed by atoms with van der Waals surface area (Å²) in [5, 5.41) is 4.24. The van der Waals surface area contributed by atoms with E-state index in [-0.39, 0.29) is 18.1 Å². The predicted octanol–water partition coefficient (Wildman–Crippen LogP) is 2.78. The van der Waals surface area contributed by atoms with E-state index in [1.54, 1.807) is 18.3 Å². The first-order valence-electron chi connectivity index (χ1n) is 8.56. The molecule has 1 aliphatic rings. The number of Topliss-reactive ketones (excluding diaryl/α,β-unsaturated/α-hetero) is 1. The first-order valence-corrected chi connectivity index (χ1v) is 8.56. The summed E-state index contributed by atoms with van der Waals surface area (Å²) in [6, 6.07) is 11.1. The molecule has 126 valence electrons. The van der Waals surface area contributed by atoms with Crippen molar-refractivity contribution >= 4 is 11.7 Å². The summed E-state index contributed by atoms with van der Waals surface area (Å²) < 4.78 is 1.96. The van der Waals surface area contributed by atoms with Crippen LogP contribution >= 0.6 is 0 Å². The Labute approximate surface area is 142 Å². The molecule has 0 bridgehead atoms. The van der Waals surface area contributed by atoms with Crippen LogP contribution in [-0.4, -0.2) is 39.5 Å². The van der Waals surface area contributed by atoms with Crippen molar-refractivity contribution in [2.75, 3.05) is 13.1 Å². The lowest BCUT2D eigenvalue weighted by atomic mass is 9.96. The van der Waals surface area contributed by atoms with Gasteiger partial charge >= 0.3 is 0 Å². The summed E-state index contributed by atoms with van der Waals surface area (Å²) in [5.41, 5.74) is 0.684. The summed E-state index contributed by atoms with van der Waals surface area (Å²) in [5.74, 6) is 0.703. The SMILES string of the molecule is O=C(CCC(=O)N1CCC(Cn2cccn2)CC1)c1ccccc1. The van der Waals surface area contributed by atoms with E-state index in [2.05, 4.69) is 5.10 Å². The molecule has 5 heteroatoms. The van der Waals surface area contributed by atoms with Crippen LogP contribution in [0.15, 0.2) is 48.8 Å². The highest BCUT2D eigenvalue weighted by molar-refractivity contribution is 5.97. The number of likely N-dealkylation sites (tertiary alicyclic amines) is 1. The molecule has 3 rings (SSSR count). The van der Waals surface area contributed by atoms with Crippen LogP contribution in [0, 0.1) is 5.92 Å². The van der Waals surface area contributed by atoms with Gasteiger partial charge in [-0.25, -0.2) is 0 Å². The molecule has 0 N–H and O–H groups in total. The van der Waals surface area contributed by atoms with Crippen LogP contribution in [0.25, 0.3) is 0 Å². The maximum atomic E-state index is 12.3. The minimum absolute atomic E-state index is 0.0394. The van der Waals surface area contributed by atoms with Crippen molar-refractivity contribution in [2.45, 2.75) is 32.2 Å². The molecule has 1 saturated heterocycles. The van der Waals surface area contributed by atoms with Crippen molar-refractivity contribution in [3.8, 4) is 0 Å². The van der Waals surface area contributed by atoms with E-state index in [0.717, 1.165) is 32.5 Å². The molecule has 1 amide bonds. The van der Waals surface area contributed by atoms with Crippen LogP contribution < -0.4 is 0 Å². The Bertz CT molecular complexity index is 659. The number of hydrogen-bond donors (Lipinski definition) is 0. The molecule has 0 spiro atoms. The van der Waals surface area contributed by atoms with Gasteiger partial charge in [0.05, 0.1) is 0 Å². The predicted molar refractivity (Wildman–Crippen MR) is 91.5 cm³/mol. The number of rotatable bonds is 6. The number of benzene rings is 1. The van der Waals surface area contributed by atoms with E-state index >= 15 is 0 Å². The molecule has 0 aliphatic carbocycles. The lowest BCUT2D eigenvalue weighted by molar-refractivity contribution is -0.132. The van der Waals surface area contributed by atoms with E-state index in [4.69, 9.17) is 0 Å². The van der Waals surface area contributed by atoms with Gasteiger partial charge in [-0.1, -0.05) is 30.3 Å². The minimum atomic E-state index is 0.0394. The number of aromatic nitrogens is 2. The number of carbonyl (C=O) groups excluding carboxylic acids is 2. The number of piperidine rings is 1. The van der Waals surface area contributed by atoms with E-state index < -0.39 is 0 Å². The summed E-state index contributed by atoms with van der Waals surface area (Å²) in [4.78, 5) is 26.3. The molecule has 1 fully saturated rings. The van der Waals surface area contributed by atoms with Gasteiger partial charge in [-0.05, 0) is 24.8 Å². The third-order valence-corrected chi connectivity index (χ3v) is 4.63. The fourth-order valence-electron chi connectivity index (χ4n) is 3.18. The summed E-state index contributed by atoms with van der Waals surface area (Å²) >= 11 is 0. The Morgan fingerprint density at radius 3 is 2.46 bits per heavy atom. The molecule has 1 aromatic carbocycles. The van der Waals surface area contributed by atoms with Gasteiger partial charge < -0.3 is 4.90 Å². The van der Waals surface area contributed by atoms with E-state index in [1.807, 2.05) is 40.0 Å². The van der Waals surface area contributed by atoms with Gasteiger partial charge in [-0.3, -0.25) is 14.3 Å². The lowest BCUT2D eigenvalue weighted by Crippen LogP contribution is -2.39. The molecule has 0 saturated carbocycles. The topological polar surface area (TPSA) is 55.2 Å². The van der Waals surface area contributed by atoms with Crippen molar-refractivity contribution in [1.29, 1.82) is 0 Å². The maximum absolute atomic E-state index is 12.3. The quantitative estimate of drug-likeness (QED) is 0.767. The van der Waals surface area contributed by atoms with Gasteiger partial charge in [-0.15, -0.1) is 0 Å². The zero-order chi connectivity index (χ0) is 16.8. The summed E-state index contributed by atoms with van der Waals surface area (Å²) in [6.07, 6.45) is 6.36. The molecule has 2 aromatic rings. The monoisotopic (exact) mass is 325 g/mol. The van der Waals surface area contributed by atoms with Gasteiger partial charge in [0.2, 0.25) is 5.91 Å². The fourth-order valence-corrected chi connectivity index (χ4v) is 3.18. The Hall–Kier alpha value is -2.43.